The van der Waals surface area contributed by atoms with E-state index in [-0.39, 0.29) is 5.78 Å². The molecule has 0 aliphatic rings. The number of carbonyl (C=O) groups is 1. The van der Waals surface area contributed by atoms with E-state index >= 15 is 0 Å². The highest BCUT2D eigenvalue weighted by atomic mass is 32.1. The quantitative estimate of drug-likeness (QED) is 0.689. The van der Waals surface area contributed by atoms with Crippen molar-refractivity contribution < 1.29 is 9.21 Å². The first-order valence-corrected chi connectivity index (χ1v) is 7.30. The first-order valence-electron chi connectivity index (χ1n) is 6.48. The third-order valence-electron chi connectivity index (χ3n) is 3.00. The first kappa shape index (κ1) is 13.6. The molecule has 2 heterocycles. The Kier molecular flexibility index (Phi) is 3.58. The fourth-order valence-electron chi connectivity index (χ4n) is 1.95. The standard InChI is InChI=1S/C16H14N2O2S/c1-18(2)16-17-13(12-9-6-10-20-12)15(21-16)14(19)11-7-4-3-5-8-11/h3-10H,1-2H3. The van der Waals surface area contributed by atoms with Crippen LogP contribution in [0.2, 0.25) is 0 Å². The lowest BCUT2D eigenvalue weighted by Gasteiger charge is -2.05. The number of ketones is 1. The summed E-state index contributed by atoms with van der Waals surface area (Å²) >= 11 is 1.37. The van der Waals surface area contributed by atoms with E-state index in [1.807, 2.05) is 55.4 Å². The van der Waals surface area contributed by atoms with Crippen molar-refractivity contribution in [1.29, 1.82) is 0 Å². The Balaban J connectivity index is 2.11. The Labute approximate surface area is 126 Å². The lowest BCUT2D eigenvalue weighted by Crippen LogP contribution is -2.07. The third kappa shape index (κ3) is 2.60. The molecule has 0 unspecified atom stereocenters. The van der Waals surface area contributed by atoms with Gasteiger partial charge in [0.15, 0.2) is 10.9 Å². The Morgan fingerprint density at radius 1 is 1.14 bits per heavy atom. The highest BCUT2D eigenvalue weighted by Gasteiger charge is 2.22. The van der Waals surface area contributed by atoms with Gasteiger partial charge in [0.1, 0.15) is 10.6 Å². The molecule has 0 spiro atoms. The molecule has 5 heteroatoms. The second-order valence-corrected chi connectivity index (χ2v) is 5.72. The molecule has 0 aliphatic heterocycles. The largest absolute Gasteiger partial charge is 0.463 e. The van der Waals surface area contributed by atoms with Crippen LogP contribution in [-0.4, -0.2) is 24.9 Å². The van der Waals surface area contributed by atoms with Gasteiger partial charge >= 0.3 is 0 Å². The van der Waals surface area contributed by atoms with Crippen molar-refractivity contribution >= 4 is 22.3 Å². The van der Waals surface area contributed by atoms with E-state index < -0.39 is 0 Å². The van der Waals surface area contributed by atoms with E-state index in [2.05, 4.69) is 4.98 Å². The van der Waals surface area contributed by atoms with Crippen LogP contribution in [-0.2, 0) is 0 Å². The van der Waals surface area contributed by atoms with Gasteiger partial charge in [0.2, 0.25) is 5.78 Å². The van der Waals surface area contributed by atoms with Gasteiger partial charge in [-0.3, -0.25) is 4.79 Å². The maximum atomic E-state index is 12.7. The van der Waals surface area contributed by atoms with Gasteiger partial charge in [-0.2, -0.15) is 0 Å². The summed E-state index contributed by atoms with van der Waals surface area (Å²) in [6, 6.07) is 12.8. The van der Waals surface area contributed by atoms with Crippen LogP contribution in [0.1, 0.15) is 15.2 Å². The van der Waals surface area contributed by atoms with Crippen LogP contribution in [0, 0.1) is 0 Å². The molecule has 0 amide bonds. The Morgan fingerprint density at radius 3 is 2.52 bits per heavy atom. The summed E-state index contributed by atoms with van der Waals surface area (Å²) in [5, 5.41) is 0.778. The van der Waals surface area contributed by atoms with Crippen molar-refractivity contribution in [3.8, 4) is 11.5 Å². The summed E-state index contributed by atoms with van der Waals surface area (Å²) in [4.78, 5) is 19.7. The van der Waals surface area contributed by atoms with E-state index in [9.17, 15) is 4.79 Å². The second-order valence-electron chi connectivity index (χ2n) is 4.74. The number of hydrogen-bond acceptors (Lipinski definition) is 5. The Bertz CT molecular complexity index is 746. The lowest BCUT2D eigenvalue weighted by atomic mass is 10.1. The van der Waals surface area contributed by atoms with Gasteiger partial charge < -0.3 is 9.32 Å². The molecule has 21 heavy (non-hydrogen) atoms. The van der Waals surface area contributed by atoms with Crippen LogP contribution in [0.4, 0.5) is 5.13 Å². The number of rotatable bonds is 4. The normalized spacial score (nSPS) is 10.6. The fourth-order valence-corrected chi connectivity index (χ4v) is 2.91. The molecular formula is C16H14N2O2S. The fraction of sp³-hybridized carbons (Fsp3) is 0.125. The third-order valence-corrected chi connectivity index (χ3v) is 4.22. The van der Waals surface area contributed by atoms with Crippen molar-refractivity contribution in [2.75, 3.05) is 19.0 Å². The number of thiazole rings is 1. The van der Waals surface area contributed by atoms with Crippen molar-refractivity contribution in [3.05, 3.63) is 59.2 Å². The van der Waals surface area contributed by atoms with Crippen LogP contribution in [0.5, 0.6) is 0 Å². The molecule has 0 radical (unpaired) electrons. The zero-order chi connectivity index (χ0) is 14.8. The molecule has 4 nitrogen and oxygen atoms in total. The molecular weight excluding hydrogens is 284 g/mol. The average molecular weight is 298 g/mol. The minimum Gasteiger partial charge on any atom is -0.463 e. The molecule has 3 aromatic rings. The van der Waals surface area contributed by atoms with Crippen LogP contribution in [0.15, 0.2) is 53.1 Å². The monoisotopic (exact) mass is 298 g/mol. The summed E-state index contributed by atoms with van der Waals surface area (Å²) in [5.74, 6) is 0.575. The number of nitrogens with zero attached hydrogens (tertiary/aromatic N) is 2. The van der Waals surface area contributed by atoms with Crippen molar-refractivity contribution in [2.24, 2.45) is 0 Å². The van der Waals surface area contributed by atoms with Crippen molar-refractivity contribution in [2.45, 2.75) is 0 Å². The summed E-state index contributed by atoms with van der Waals surface area (Å²) in [6.07, 6.45) is 1.58. The van der Waals surface area contributed by atoms with E-state index in [0.717, 1.165) is 5.13 Å². The van der Waals surface area contributed by atoms with Crippen molar-refractivity contribution in [1.82, 2.24) is 4.98 Å². The van der Waals surface area contributed by atoms with Gasteiger partial charge in [0.05, 0.1) is 6.26 Å². The topological polar surface area (TPSA) is 46.3 Å². The van der Waals surface area contributed by atoms with Crippen LogP contribution in [0.25, 0.3) is 11.5 Å². The summed E-state index contributed by atoms with van der Waals surface area (Å²) in [5.41, 5.74) is 1.25. The SMILES string of the molecule is CN(C)c1nc(-c2ccco2)c(C(=O)c2ccccc2)s1. The minimum atomic E-state index is -0.0346. The molecule has 0 bridgehead atoms. The average Bonchev–Trinajstić information content (AvgIpc) is 3.16. The summed E-state index contributed by atoms with van der Waals surface area (Å²) < 4.78 is 5.41. The number of anilines is 1. The first-order chi connectivity index (χ1) is 10.2. The molecule has 0 aliphatic carbocycles. The maximum Gasteiger partial charge on any atom is 0.205 e. The molecule has 0 saturated heterocycles. The van der Waals surface area contributed by atoms with E-state index in [0.29, 0.717) is 21.9 Å². The molecule has 0 saturated carbocycles. The molecule has 0 N–H and O–H groups in total. The van der Waals surface area contributed by atoms with E-state index in [1.165, 1.54) is 11.3 Å². The number of furan rings is 1. The molecule has 106 valence electrons. The van der Waals surface area contributed by atoms with Gasteiger partial charge in [0, 0.05) is 19.7 Å². The maximum absolute atomic E-state index is 12.7. The van der Waals surface area contributed by atoms with Gasteiger partial charge in [-0.1, -0.05) is 41.7 Å². The van der Waals surface area contributed by atoms with Gasteiger partial charge in [-0.25, -0.2) is 4.98 Å². The number of aromatic nitrogens is 1. The highest BCUT2D eigenvalue weighted by molar-refractivity contribution is 7.18. The van der Waals surface area contributed by atoms with Crippen molar-refractivity contribution in [3.63, 3.8) is 0 Å². The molecule has 2 aromatic heterocycles. The van der Waals surface area contributed by atoms with Crippen LogP contribution in [0.3, 0.4) is 0 Å². The minimum absolute atomic E-state index is 0.0346. The number of carbonyl (C=O) groups excluding carboxylic acids is 1. The van der Waals surface area contributed by atoms with Gasteiger partial charge in [-0.05, 0) is 12.1 Å². The number of benzene rings is 1. The van der Waals surface area contributed by atoms with Crippen LogP contribution >= 0.6 is 11.3 Å². The van der Waals surface area contributed by atoms with Gasteiger partial charge in [0.25, 0.3) is 0 Å². The summed E-state index contributed by atoms with van der Waals surface area (Å²) in [7, 11) is 3.81. The highest BCUT2D eigenvalue weighted by Crippen LogP contribution is 2.34. The zero-order valence-corrected chi connectivity index (χ0v) is 12.6. The van der Waals surface area contributed by atoms with E-state index in [1.54, 1.807) is 12.3 Å². The Hall–Kier alpha value is -2.40. The number of hydrogen-bond donors (Lipinski definition) is 0. The lowest BCUT2D eigenvalue weighted by molar-refractivity contribution is 0.104. The predicted molar refractivity (Wildman–Crippen MR) is 84.0 cm³/mol. The predicted octanol–water partition coefficient (Wildman–Crippen LogP) is 3.70. The molecule has 3 rings (SSSR count). The smallest absolute Gasteiger partial charge is 0.205 e. The van der Waals surface area contributed by atoms with Crippen LogP contribution < -0.4 is 4.90 Å². The Morgan fingerprint density at radius 2 is 1.90 bits per heavy atom. The van der Waals surface area contributed by atoms with Gasteiger partial charge in [-0.15, -0.1) is 0 Å². The zero-order valence-electron chi connectivity index (χ0n) is 11.7. The molecule has 0 atom stereocenters. The second kappa shape index (κ2) is 5.54. The molecule has 1 aromatic carbocycles. The van der Waals surface area contributed by atoms with E-state index in [4.69, 9.17) is 4.42 Å². The molecule has 0 fully saturated rings. The summed E-state index contributed by atoms with van der Waals surface area (Å²) in [6.45, 7) is 0.